The van der Waals surface area contributed by atoms with Gasteiger partial charge in [-0.25, -0.2) is 0 Å². The van der Waals surface area contributed by atoms with Crippen LogP contribution in [0.15, 0.2) is 36.4 Å². The summed E-state index contributed by atoms with van der Waals surface area (Å²) in [6.07, 6.45) is 1.59. The van der Waals surface area contributed by atoms with E-state index in [1.54, 1.807) is 6.08 Å². The molecule has 0 saturated heterocycles. The molecule has 1 amide bonds. The molecule has 3 nitrogen and oxygen atoms in total. The molecule has 1 heterocycles. The molecular formula is C11H12N2OS. The van der Waals surface area contributed by atoms with E-state index in [0.29, 0.717) is 0 Å². The van der Waals surface area contributed by atoms with Gasteiger partial charge in [0.05, 0.1) is 5.70 Å². The maximum atomic E-state index is 11.3. The van der Waals surface area contributed by atoms with Crippen LogP contribution in [-0.2, 0) is 4.79 Å². The first-order valence-electron chi connectivity index (χ1n) is 4.67. The Balaban J connectivity index is 2.39. The summed E-state index contributed by atoms with van der Waals surface area (Å²) in [7, 11) is 1.90. The minimum Gasteiger partial charge on any atom is -0.345 e. The molecule has 1 aromatic rings. The zero-order valence-electron chi connectivity index (χ0n) is 8.34. The van der Waals surface area contributed by atoms with Crippen LogP contribution in [0, 0.1) is 0 Å². The standard InChI is InChI=1S/C11H12N2OS/c1-13-9(7-10(14)12-11(13)15)8-5-3-2-4-6-8/h2-7,11,15H,1H3,(H,12,14). The van der Waals surface area contributed by atoms with E-state index < -0.39 is 0 Å². The highest BCUT2D eigenvalue weighted by molar-refractivity contribution is 7.80. The first kappa shape index (κ1) is 10.1. The number of hydrogen-bond donors (Lipinski definition) is 2. The number of thiol groups is 1. The van der Waals surface area contributed by atoms with Crippen LogP contribution in [0.4, 0.5) is 0 Å². The molecule has 0 aromatic heterocycles. The van der Waals surface area contributed by atoms with E-state index in [1.165, 1.54) is 0 Å². The van der Waals surface area contributed by atoms with Crippen LogP contribution in [0.1, 0.15) is 5.56 Å². The van der Waals surface area contributed by atoms with Gasteiger partial charge in [0.15, 0.2) is 0 Å². The highest BCUT2D eigenvalue weighted by atomic mass is 32.1. The molecule has 0 aliphatic carbocycles. The largest absolute Gasteiger partial charge is 0.345 e. The average Bonchev–Trinajstić information content (AvgIpc) is 2.24. The van der Waals surface area contributed by atoms with Crippen molar-refractivity contribution in [3.8, 4) is 0 Å². The summed E-state index contributed by atoms with van der Waals surface area (Å²) in [6, 6.07) is 9.79. The molecule has 1 atom stereocenters. The van der Waals surface area contributed by atoms with Crippen molar-refractivity contribution in [2.75, 3.05) is 7.05 Å². The van der Waals surface area contributed by atoms with E-state index in [4.69, 9.17) is 0 Å². The van der Waals surface area contributed by atoms with Crippen molar-refractivity contribution in [1.82, 2.24) is 10.2 Å². The van der Waals surface area contributed by atoms with Crippen molar-refractivity contribution in [2.45, 2.75) is 5.50 Å². The monoisotopic (exact) mass is 220 g/mol. The van der Waals surface area contributed by atoms with E-state index >= 15 is 0 Å². The van der Waals surface area contributed by atoms with Crippen LogP contribution in [0.5, 0.6) is 0 Å². The van der Waals surface area contributed by atoms with Gasteiger partial charge in [0, 0.05) is 13.1 Å². The molecule has 78 valence electrons. The summed E-state index contributed by atoms with van der Waals surface area (Å²) in [5.74, 6) is -0.105. The van der Waals surface area contributed by atoms with Gasteiger partial charge in [-0.15, -0.1) is 12.6 Å². The lowest BCUT2D eigenvalue weighted by molar-refractivity contribution is -0.117. The molecule has 1 aromatic carbocycles. The maximum absolute atomic E-state index is 11.3. The van der Waals surface area contributed by atoms with Crippen LogP contribution in [0.2, 0.25) is 0 Å². The second kappa shape index (κ2) is 3.98. The zero-order valence-corrected chi connectivity index (χ0v) is 9.24. The van der Waals surface area contributed by atoms with Gasteiger partial charge in [0.25, 0.3) is 0 Å². The van der Waals surface area contributed by atoms with Gasteiger partial charge < -0.3 is 10.2 Å². The van der Waals surface area contributed by atoms with Crippen molar-refractivity contribution >= 4 is 24.2 Å². The predicted molar refractivity (Wildman–Crippen MR) is 63.1 cm³/mol. The van der Waals surface area contributed by atoms with Crippen molar-refractivity contribution in [3.05, 3.63) is 42.0 Å². The summed E-state index contributed by atoms with van der Waals surface area (Å²) < 4.78 is 0. The molecule has 1 aliphatic heterocycles. The summed E-state index contributed by atoms with van der Waals surface area (Å²) in [4.78, 5) is 13.3. The van der Waals surface area contributed by atoms with Crippen LogP contribution < -0.4 is 5.32 Å². The third kappa shape index (κ3) is 1.99. The molecule has 4 heteroatoms. The fourth-order valence-corrected chi connectivity index (χ4v) is 1.77. The van der Waals surface area contributed by atoms with E-state index in [0.717, 1.165) is 11.3 Å². The molecule has 1 N–H and O–H groups in total. The second-order valence-corrected chi connectivity index (χ2v) is 3.88. The van der Waals surface area contributed by atoms with E-state index in [9.17, 15) is 4.79 Å². The normalized spacial score (nSPS) is 20.9. The Morgan fingerprint density at radius 3 is 2.67 bits per heavy atom. The van der Waals surface area contributed by atoms with Crippen LogP contribution in [0.25, 0.3) is 5.70 Å². The summed E-state index contributed by atoms with van der Waals surface area (Å²) >= 11 is 4.28. The van der Waals surface area contributed by atoms with Gasteiger partial charge in [-0.2, -0.15) is 0 Å². The Morgan fingerprint density at radius 1 is 1.33 bits per heavy atom. The Hall–Kier alpha value is -1.42. The van der Waals surface area contributed by atoms with E-state index in [2.05, 4.69) is 17.9 Å². The summed E-state index contributed by atoms with van der Waals surface area (Å²) in [5, 5.41) is 2.70. The molecule has 15 heavy (non-hydrogen) atoms. The van der Waals surface area contributed by atoms with Gasteiger partial charge in [-0.05, 0) is 5.56 Å². The lowest BCUT2D eigenvalue weighted by Crippen LogP contribution is -2.45. The number of hydrogen-bond acceptors (Lipinski definition) is 3. The van der Waals surface area contributed by atoms with Gasteiger partial charge in [-0.3, -0.25) is 4.79 Å². The third-order valence-electron chi connectivity index (χ3n) is 2.36. The Labute approximate surface area is 94.2 Å². The first-order valence-corrected chi connectivity index (χ1v) is 5.18. The van der Waals surface area contributed by atoms with Crippen LogP contribution in [0.3, 0.4) is 0 Å². The van der Waals surface area contributed by atoms with Crippen molar-refractivity contribution in [1.29, 1.82) is 0 Å². The predicted octanol–water partition coefficient (Wildman–Crippen LogP) is 1.30. The molecule has 0 spiro atoms. The molecule has 0 radical (unpaired) electrons. The zero-order chi connectivity index (χ0) is 10.8. The summed E-state index contributed by atoms with van der Waals surface area (Å²) in [6.45, 7) is 0. The number of nitrogens with one attached hydrogen (secondary N) is 1. The number of benzene rings is 1. The van der Waals surface area contributed by atoms with Crippen molar-refractivity contribution in [2.24, 2.45) is 0 Å². The van der Waals surface area contributed by atoms with Crippen LogP contribution >= 0.6 is 12.6 Å². The molecule has 1 aliphatic rings. The lowest BCUT2D eigenvalue weighted by Gasteiger charge is -2.32. The highest BCUT2D eigenvalue weighted by Crippen LogP contribution is 2.22. The molecule has 0 saturated carbocycles. The first-order chi connectivity index (χ1) is 7.18. The minimum atomic E-state index is -0.266. The fraction of sp³-hybridized carbons (Fsp3) is 0.182. The lowest BCUT2D eigenvalue weighted by atomic mass is 10.1. The fourth-order valence-electron chi connectivity index (χ4n) is 1.52. The van der Waals surface area contributed by atoms with Gasteiger partial charge in [0.1, 0.15) is 5.50 Å². The highest BCUT2D eigenvalue weighted by Gasteiger charge is 2.21. The third-order valence-corrected chi connectivity index (χ3v) is 2.83. The van der Waals surface area contributed by atoms with Gasteiger partial charge >= 0.3 is 0 Å². The van der Waals surface area contributed by atoms with Crippen molar-refractivity contribution < 1.29 is 4.79 Å². The second-order valence-electron chi connectivity index (χ2n) is 3.39. The topological polar surface area (TPSA) is 32.3 Å². The molecular weight excluding hydrogens is 208 g/mol. The van der Waals surface area contributed by atoms with E-state index in [-0.39, 0.29) is 11.4 Å². The number of carbonyl (C=O) groups excluding carboxylic acids is 1. The maximum Gasteiger partial charge on any atom is 0.248 e. The number of carbonyl (C=O) groups is 1. The molecule has 2 rings (SSSR count). The number of nitrogens with zero attached hydrogens (tertiary/aromatic N) is 1. The molecule has 1 unspecified atom stereocenters. The quantitative estimate of drug-likeness (QED) is 0.699. The molecule has 0 fully saturated rings. The SMILES string of the molecule is CN1C(c2ccccc2)=CC(=O)NC1S. The Bertz CT molecular complexity index is 402. The van der Waals surface area contributed by atoms with E-state index in [1.807, 2.05) is 42.3 Å². The Kier molecular flexibility index (Phi) is 2.68. The minimum absolute atomic E-state index is 0.105. The smallest absolute Gasteiger partial charge is 0.248 e. The van der Waals surface area contributed by atoms with Gasteiger partial charge in [0.2, 0.25) is 5.91 Å². The number of amides is 1. The Morgan fingerprint density at radius 2 is 2.00 bits per heavy atom. The number of rotatable bonds is 1. The molecule has 0 bridgehead atoms. The van der Waals surface area contributed by atoms with Crippen LogP contribution in [-0.4, -0.2) is 23.4 Å². The van der Waals surface area contributed by atoms with Gasteiger partial charge in [-0.1, -0.05) is 30.3 Å². The summed E-state index contributed by atoms with van der Waals surface area (Å²) in [5.41, 5.74) is 1.64. The average molecular weight is 220 g/mol. The van der Waals surface area contributed by atoms with Crippen molar-refractivity contribution in [3.63, 3.8) is 0 Å².